The molecule has 0 unspecified atom stereocenters. The molecule has 1 heterocycles. The molecule has 3 N–H and O–H groups in total. The van der Waals surface area contributed by atoms with E-state index in [1.165, 1.54) is 17.7 Å². The van der Waals surface area contributed by atoms with Crippen LogP contribution in [-0.4, -0.2) is 29.1 Å². The van der Waals surface area contributed by atoms with Crippen LogP contribution in [-0.2, 0) is 6.42 Å². The normalized spacial score (nSPS) is 27.4. The maximum absolute atomic E-state index is 13.4. The molecule has 2 amide bonds. The molecule has 0 aromatic heterocycles. The Morgan fingerprint density at radius 2 is 1.88 bits per heavy atom. The monoisotopic (exact) mass is 353 g/mol. The van der Waals surface area contributed by atoms with Crippen LogP contribution < -0.4 is 11.1 Å². The molecule has 136 valence electrons. The second-order valence-corrected chi connectivity index (χ2v) is 7.76. The Morgan fingerprint density at radius 3 is 2.58 bits per heavy atom. The third kappa shape index (κ3) is 3.07. The van der Waals surface area contributed by atoms with Crippen LogP contribution in [0.15, 0.2) is 48.5 Å². The average molecular weight is 353 g/mol. The number of hydrogen-bond acceptors (Lipinski definition) is 2. The molecule has 1 saturated carbocycles. The zero-order valence-electron chi connectivity index (χ0n) is 14.9. The number of benzene rings is 2. The van der Waals surface area contributed by atoms with Gasteiger partial charge in [-0.1, -0.05) is 36.4 Å². The van der Waals surface area contributed by atoms with Crippen LogP contribution in [0.4, 0.5) is 9.18 Å². The molecule has 2 aliphatic rings. The number of rotatable bonds is 2. The Labute approximate surface area is 153 Å². The van der Waals surface area contributed by atoms with E-state index in [0.29, 0.717) is 6.54 Å². The highest BCUT2D eigenvalue weighted by atomic mass is 19.1. The first-order valence-corrected chi connectivity index (χ1v) is 9.13. The summed E-state index contributed by atoms with van der Waals surface area (Å²) in [5.41, 5.74) is 8.93. The van der Waals surface area contributed by atoms with Crippen LogP contribution in [0, 0.1) is 5.82 Å². The summed E-state index contributed by atoms with van der Waals surface area (Å²) in [6, 6.07) is 14.5. The first kappa shape index (κ1) is 17.0. The molecular formula is C21H24FN3O. The Morgan fingerprint density at radius 1 is 1.19 bits per heavy atom. The van der Waals surface area contributed by atoms with Gasteiger partial charge < -0.3 is 16.0 Å². The highest BCUT2D eigenvalue weighted by Gasteiger charge is 2.41. The van der Waals surface area contributed by atoms with Crippen LogP contribution >= 0.6 is 0 Å². The molecule has 0 spiro atoms. The molecule has 1 atom stereocenters. The van der Waals surface area contributed by atoms with E-state index in [9.17, 15) is 9.18 Å². The topological polar surface area (TPSA) is 58.4 Å². The SMILES string of the molecule is C[C@]1(NC(=O)N2CCc3ccccc3[C@@H]2c2ccc(F)cc2)C[C@H](N)C1. The van der Waals surface area contributed by atoms with E-state index in [0.717, 1.165) is 30.4 Å². The highest BCUT2D eigenvalue weighted by molar-refractivity contribution is 5.77. The van der Waals surface area contributed by atoms with Crippen molar-refractivity contribution in [2.75, 3.05) is 6.54 Å². The van der Waals surface area contributed by atoms with Gasteiger partial charge in [0.05, 0.1) is 6.04 Å². The number of hydrogen-bond donors (Lipinski definition) is 2. The van der Waals surface area contributed by atoms with Gasteiger partial charge in [0.15, 0.2) is 0 Å². The number of nitrogens with zero attached hydrogens (tertiary/aromatic N) is 1. The smallest absolute Gasteiger partial charge is 0.318 e. The number of carbonyl (C=O) groups excluding carboxylic acids is 1. The molecule has 26 heavy (non-hydrogen) atoms. The fraction of sp³-hybridized carbons (Fsp3) is 0.381. The number of fused-ring (bicyclic) bond motifs is 1. The third-order valence-corrected chi connectivity index (χ3v) is 5.56. The van der Waals surface area contributed by atoms with Crippen molar-refractivity contribution in [3.05, 3.63) is 71.0 Å². The first-order valence-electron chi connectivity index (χ1n) is 9.13. The third-order valence-electron chi connectivity index (χ3n) is 5.56. The number of nitrogens with two attached hydrogens (primary N) is 1. The highest BCUT2D eigenvalue weighted by Crippen LogP contribution is 2.36. The van der Waals surface area contributed by atoms with Crippen molar-refractivity contribution >= 4 is 6.03 Å². The summed E-state index contributed by atoms with van der Waals surface area (Å²) in [4.78, 5) is 14.9. The summed E-state index contributed by atoms with van der Waals surface area (Å²) < 4.78 is 13.4. The van der Waals surface area contributed by atoms with Crippen molar-refractivity contribution in [2.45, 2.75) is 43.8 Å². The van der Waals surface area contributed by atoms with Crippen LogP contribution in [0.2, 0.25) is 0 Å². The Balaban J connectivity index is 1.66. The quantitative estimate of drug-likeness (QED) is 0.870. The minimum atomic E-state index is -0.273. The molecule has 0 radical (unpaired) electrons. The largest absolute Gasteiger partial charge is 0.333 e. The number of nitrogens with one attached hydrogen (secondary N) is 1. The molecule has 1 aliphatic carbocycles. The van der Waals surface area contributed by atoms with Gasteiger partial charge in [0.25, 0.3) is 0 Å². The standard InChI is InChI=1S/C21H24FN3O/c1-21(12-17(23)13-21)24-20(26)25-11-10-14-4-2-3-5-18(14)19(25)15-6-8-16(22)9-7-15/h2-9,17,19H,10-13,23H2,1H3,(H,24,26)/t17-,19-,21-/m0/s1. The lowest BCUT2D eigenvalue weighted by molar-refractivity contribution is 0.137. The molecule has 0 saturated heterocycles. The van der Waals surface area contributed by atoms with E-state index in [2.05, 4.69) is 17.4 Å². The molecule has 2 aromatic carbocycles. The summed E-state index contributed by atoms with van der Waals surface area (Å²) in [6.45, 7) is 2.67. The minimum Gasteiger partial charge on any atom is -0.333 e. The van der Waals surface area contributed by atoms with Gasteiger partial charge in [-0.3, -0.25) is 0 Å². The van der Waals surface area contributed by atoms with E-state index in [1.807, 2.05) is 24.0 Å². The van der Waals surface area contributed by atoms with Crippen molar-refractivity contribution in [3.63, 3.8) is 0 Å². The molecule has 1 aliphatic heterocycles. The van der Waals surface area contributed by atoms with Gasteiger partial charge in [-0.15, -0.1) is 0 Å². The lowest BCUT2D eigenvalue weighted by Crippen LogP contribution is -2.62. The molecule has 4 nitrogen and oxygen atoms in total. The van der Waals surface area contributed by atoms with Crippen LogP contribution in [0.1, 0.15) is 42.5 Å². The van der Waals surface area contributed by atoms with Crippen molar-refractivity contribution in [3.8, 4) is 0 Å². The summed E-state index contributed by atoms with van der Waals surface area (Å²) in [5, 5.41) is 3.17. The summed E-state index contributed by atoms with van der Waals surface area (Å²) in [6.07, 6.45) is 2.41. The summed E-state index contributed by atoms with van der Waals surface area (Å²) in [5.74, 6) is -0.273. The Bertz CT molecular complexity index is 814. The van der Waals surface area contributed by atoms with Gasteiger partial charge in [-0.05, 0) is 55.0 Å². The molecule has 5 heteroatoms. The molecule has 0 bridgehead atoms. The first-order chi connectivity index (χ1) is 12.5. The maximum atomic E-state index is 13.4. The lowest BCUT2D eigenvalue weighted by Gasteiger charge is -2.46. The van der Waals surface area contributed by atoms with Crippen molar-refractivity contribution in [1.82, 2.24) is 10.2 Å². The van der Waals surface area contributed by atoms with Gasteiger partial charge in [-0.2, -0.15) is 0 Å². The molecular weight excluding hydrogens is 329 g/mol. The summed E-state index contributed by atoms with van der Waals surface area (Å²) >= 11 is 0. The van der Waals surface area contributed by atoms with Gasteiger partial charge in [-0.25, -0.2) is 9.18 Å². The van der Waals surface area contributed by atoms with Gasteiger partial charge >= 0.3 is 6.03 Å². The van der Waals surface area contributed by atoms with Crippen molar-refractivity contribution < 1.29 is 9.18 Å². The van der Waals surface area contributed by atoms with Crippen LogP contribution in [0.3, 0.4) is 0 Å². The van der Waals surface area contributed by atoms with E-state index < -0.39 is 0 Å². The lowest BCUT2D eigenvalue weighted by atomic mass is 9.74. The summed E-state index contributed by atoms with van der Waals surface area (Å²) in [7, 11) is 0. The zero-order valence-corrected chi connectivity index (χ0v) is 14.9. The maximum Gasteiger partial charge on any atom is 0.318 e. The average Bonchev–Trinajstić information content (AvgIpc) is 2.60. The fourth-order valence-electron chi connectivity index (χ4n) is 4.32. The zero-order chi connectivity index (χ0) is 18.3. The van der Waals surface area contributed by atoms with Crippen molar-refractivity contribution in [2.24, 2.45) is 5.73 Å². The van der Waals surface area contributed by atoms with Gasteiger partial charge in [0.2, 0.25) is 0 Å². The van der Waals surface area contributed by atoms with E-state index >= 15 is 0 Å². The van der Waals surface area contributed by atoms with Gasteiger partial charge in [0.1, 0.15) is 5.82 Å². The van der Waals surface area contributed by atoms with E-state index in [1.54, 1.807) is 12.1 Å². The number of amides is 2. The van der Waals surface area contributed by atoms with Crippen LogP contribution in [0.25, 0.3) is 0 Å². The second-order valence-electron chi connectivity index (χ2n) is 7.76. The Hall–Kier alpha value is -2.40. The fourth-order valence-corrected chi connectivity index (χ4v) is 4.32. The molecule has 4 rings (SSSR count). The predicted octanol–water partition coefficient (Wildman–Crippen LogP) is 3.36. The number of urea groups is 1. The molecule has 2 aromatic rings. The second kappa shape index (κ2) is 6.40. The van der Waals surface area contributed by atoms with E-state index in [4.69, 9.17) is 5.73 Å². The van der Waals surface area contributed by atoms with Crippen LogP contribution in [0.5, 0.6) is 0 Å². The minimum absolute atomic E-state index is 0.0803. The predicted molar refractivity (Wildman–Crippen MR) is 99.2 cm³/mol. The number of carbonyl (C=O) groups is 1. The Kier molecular flexibility index (Phi) is 4.19. The van der Waals surface area contributed by atoms with Gasteiger partial charge in [0, 0.05) is 18.1 Å². The van der Waals surface area contributed by atoms with Crippen molar-refractivity contribution in [1.29, 1.82) is 0 Å². The van der Waals surface area contributed by atoms with E-state index in [-0.39, 0.29) is 29.5 Å². The number of halogens is 1. The molecule has 1 fully saturated rings.